The molecule has 0 aliphatic heterocycles. The van der Waals surface area contributed by atoms with Gasteiger partial charge in [0.05, 0.1) is 23.4 Å². The van der Waals surface area contributed by atoms with E-state index in [4.69, 9.17) is 16.0 Å². The molecule has 2 heterocycles. The van der Waals surface area contributed by atoms with Crippen LogP contribution >= 0.6 is 22.9 Å². The first-order valence-corrected chi connectivity index (χ1v) is 15.1. The van der Waals surface area contributed by atoms with E-state index < -0.39 is 16.0 Å². The number of carboxylic acids is 1. The van der Waals surface area contributed by atoms with Gasteiger partial charge in [-0.1, -0.05) is 11.6 Å². The summed E-state index contributed by atoms with van der Waals surface area (Å²) in [5.41, 5.74) is 1.54. The number of carbonyl (C=O) groups is 2. The second kappa shape index (κ2) is 10.7. The van der Waals surface area contributed by atoms with Crippen molar-refractivity contribution in [3.05, 3.63) is 81.6 Å². The van der Waals surface area contributed by atoms with E-state index in [2.05, 4.69) is 0 Å². The lowest BCUT2D eigenvalue weighted by molar-refractivity contribution is -0.134. The van der Waals surface area contributed by atoms with Crippen LogP contribution in [-0.2, 0) is 27.9 Å². The Labute approximate surface area is 235 Å². The minimum absolute atomic E-state index is 0.00384. The molecule has 2 aromatic carbocycles. The molecule has 39 heavy (non-hydrogen) atoms. The number of nitrogens with zero attached hydrogens (tertiary/aromatic N) is 2. The average Bonchev–Trinajstić information content (AvgIpc) is 3.52. The first-order valence-electron chi connectivity index (χ1n) is 12.5. The van der Waals surface area contributed by atoms with E-state index in [1.807, 2.05) is 0 Å². The zero-order valence-corrected chi connectivity index (χ0v) is 23.8. The molecule has 0 unspecified atom stereocenters. The number of carboxylic acid groups (broad SMARTS) is 1. The number of anilines is 1. The summed E-state index contributed by atoms with van der Waals surface area (Å²) in [6.07, 6.45) is 3.22. The summed E-state index contributed by atoms with van der Waals surface area (Å²) in [7, 11) is -4.04. The SMILES string of the molecule is CCN(c1ccc(Cl)cc1CN(Cc1ccco1)C(=O)C1CC1)S(=O)(=O)c1ccc2sc(C(=O)O)c(C)c2c1. The highest BCUT2D eigenvalue weighted by molar-refractivity contribution is 7.92. The maximum Gasteiger partial charge on any atom is 0.346 e. The topological polar surface area (TPSA) is 108 Å². The summed E-state index contributed by atoms with van der Waals surface area (Å²) in [6.45, 7) is 3.96. The van der Waals surface area contributed by atoms with Crippen LogP contribution in [0.5, 0.6) is 0 Å². The lowest BCUT2D eigenvalue weighted by atomic mass is 10.1. The first kappa shape index (κ1) is 27.2. The molecule has 8 nitrogen and oxygen atoms in total. The Hall–Kier alpha value is -3.34. The maximum absolute atomic E-state index is 14.0. The molecule has 0 bridgehead atoms. The van der Waals surface area contributed by atoms with Gasteiger partial charge < -0.3 is 14.4 Å². The largest absolute Gasteiger partial charge is 0.477 e. The van der Waals surface area contributed by atoms with Gasteiger partial charge in [0.1, 0.15) is 10.6 Å². The van der Waals surface area contributed by atoms with Gasteiger partial charge in [0, 0.05) is 28.7 Å². The molecule has 0 saturated heterocycles. The highest BCUT2D eigenvalue weighted by Crippen LogP contribution is 2.37. The molecule has 2 aromatic heterocycles. The van der Waals surface area contributed by atoms with Crippen LogP contribution < -0.4 is 4.31 Å². The minimum Gasteiger partial charge on any atom is -0.477 e. The molecule has 1 fully saturated rings. The van der Waals surface area contributed by atoms with E-state index in [1.165, 1.54) is 16.4 Å². The van der Waals surface area contributed by atoms with Gasteiger partial charge in [0.2, 0.25) is 5.91 Å². The van der Waals surface area contributed by atoms with Gasteiger partial charge in [-0.25, -0.2) is 13.2 Å². The number of sulfonamides is 1. The molecular weight excluding hydrogens is 560 g/mol. The fourth-order valence-corrected chi connectivity index (χ4v) is 7.44. The van der Waals surface area contributed by atoms with E-state index in [0.29, 0.717) is 37.7 Å². The Morgan fingerprint density at radius 3 is 2.54 bits per heavy atom. The Kier molecular flexibility index (Phi) is 7.45. The maximum atomic E-state index is 14.0. The summed E-state index contributed by atoms with van der Waals surface area (Å²) < 4.78 is 35.4. The molecule has 1 aliphatic carbocycles. The van der Waals surface area contributed by atoms with Crippen LogP contribution in [0.3, 0.4) is 0 Å². The van der Waals surface area contributed by atoms with Crippen LogP contribution in [0.1, 0.15) is 46.3 Å². The molecule has 0 radical (unpaired) electrons. The van der Waals surface area contributed by atoms with E-state index in [-0.39, 0.29) is 41.2 Å². The average molecular weight is 587 g/mol. The van der Waals surface area contributed by atoms with Crippen molar-refractivity contribution in [2.75, 3.05) is 10.8 Å². The van der Waals surface area contributed by atoms with Crippen molar-refractivity contribution in [2.45, 2.75) is 44.7 Å². The lowest BCUT2D eigenvalue weighted by Gasteiger charge is -2.28. The van der Waals surface area contributed by atoms with Crippen molar-refractivity contribution in [3.8, 4) is 0 Å². The van der Waals surface area contributed by atoms with Gasteiger partial charge in [-0.3, -0.25) is 9.10 Å². The van der Waals surface area contributed by atoms with Crippen LogP contribution in [0, 0.1) is 12.8 Å². The van der Waals surface area contributed by atoms with Gasteiger partial charge in [-0.05, 0) is 91.7 Å². The van der Waals surface area contributed by atoms with Gasteiger partial charge in [0.25, 0.3) is 10.0 Å². The lowest BCUT2D eigenvalue weighted by Crippen LogP contribution is -2.34. The van der Waals surface area contributed by atoms with Crippen LogP contribution in [0.25, 0.3) is 10.1 Å². The number of thiophene rings is 1. The zero-order chi connectivity index (χ0) is 27.9. The predicted molar refractivity (Wildman–Crippen MR) is 151 cm³/mol. The van der Waals surface area contributed by atoms with Gasteiger partial charge in [0.15, 0.2) is 0 Å². The van der Waals surface area contributed by atoms with E-state index in [9.17, 15) is 23.1 Å². The Morgan fingerprint density at radius 1 is 1.13 bits per heavy atom. The monoisotopic (exact) mass is 586 g/mol. The third kappa shape index (κ3) is 5.41. The molecule has 4 aromatic rings. The van der Waals surface area contributed by atoms with Crippen molar-refractivity contribution < 1.29 is 27.5 Å². The fraction of sp³-hybridized carbons (Fsp3) is 0.286. The molecule has 1 N–H and O–H groups in total. The van der Waals surface area contributed by atoms with Crippen molar-refractivity contribution in [1.29, 1.82) is 0 Å². The van der Waals surface area contributed by atoms with Crippen LogP contribution in [0.15, 0.2) is 64.1 Å². The number of carbonyl (C=O) groups excluding carboxylic acids is 1. The number of aromatic carboxylic acids is 1. The third-order valence-electron chi connectivity index (χ3n) is 6.81. The summed E-state index contributed by atoms with van der Waals surface area (Å²) in [5.74, 6) is -0.451. The van der Waals surface area contributed by atoms with Crippen molar-refractivity contribution in [2.24, 2.45) is 5.92 Å². The van der Waals surface area contributed by atoms with Crippen LogP contribution in [0.4, 0.5) is 5.69 Å². The zero-order valence-electron chi connectivity index (χ0n) is 21.4. The van der Waals surface area contributed by atoms with Gasteiger partial charge in [-0.15, -0.1) is 11.3 Å². The Morgan fingerprint density at radius 2 is 1.90 bits per heavy atom. The fourth-order valence-electron chi connectivity index (χ4n) is 4.68. The number of aryl methyl sites for hydroxylation is 1. The molecular formula is C28H27ClN2O6S2. The predicted octanol–water partition coefficient (Wildman–Crippen LogP) is 6.31. The number of halogens is 1. The minimum atomic E-state index is -4.04. The molecule has 0 spiro atoms. The summed E-state index contributed by atoms with van der Waals surface area (Å²) in [5, 5.41) is 10.5. The standard InChI is InChI=1S/C28H27ClN2O6S2/c1-3-31(39(35,36)22-9-11-25-23(14-22)17(2)26(38-25)28(33)34)24-10-8-20(29)13-19(24)15-30(27(32)18-6-7-18)16-21-5-4-12-37-21/h4-5,8-14,18H,3,6-7,15-16H2,1-2H3,(H,33,34). The van der Waals surface area contributed by atoms with Gasteiger partial charge in [-0.2, -0.15) is 0 Å². The first-order chi connectivity index (χ1) is 18.6. The Bertz CT molecular complexity index is 1660. The van der Waals surface area contributed by atoms with E-state index in [0.717, 1.165) is 24.2 Å². The third-order valence-corrected chi connectivity index (χ3v) is 10.2. The number of benzene rings is 2. The molecule has 11 heteroatoms. The van der Waals surface area contributed by atoms with Crippen LogP contribution in [0.2, 0.25) is 5.02 Å². The van der Waals surface area contributed by atoms with Crippen molar-refractivity contribution in [1.82, 2.24) is 4.90 Å². The number of fused-ring (bicyclic) bond motifs is 1. The number of amides is 1. The smallest absolute Gasteiger partial charge is 0.346 e. The molecule has 0 atom stereocenters. The quantitative estimate of drug-likeness (QED) is 0.233. The number of hydrogen-bond donors (Lipinski definition) is 1. The Balaban J connectivity index is 1.53. The second-order valence-electron chi connectivity index (χ2n) is 9.51. The second-order valence-corrected chi connectivity index (χ2v) is 12.9. The molecule has 1 saturated carbocycles. The highest BCUT2D eigenvalue weighted by atomic mass is 35.5. The van der Waals surface area contributed by atoms with Gasteiger partial charge >= 0.3 is 5.97 Å². The number of rotatable bonds is 10. The molecule has 5 rings (SSSR count). The highest BCUT2D eigenvalue weighted by Gasteiger charge is 2.35. The van der Waals surface area contributed by atoms with E-state index >= 15 is 0 Å². The van der Waals surface area contributed by atoms with Crippen molar-refractivity contribution >= 4 is 60.6 Å². The molecule has 1 aliphatic rings. The van der Waals surface area contributed by atoms with Crippen LogP contribution in [-0.4, -0.2) is 36.8 Å². The summed E-state index contributed by atoms with van der Waals surface area (Å²) in [4.78, 5) is 26.7. The molecule has 1 amide bonds. The number of hydrogen-bond acceptors (Lipinski definition) is 6. The molecule has 204 valence electrons. The normalized spacial score (nSPS) is 13.5. The summed E-state index contributed by atoms with van der Waals surface area (Å²) in [6, 6.07) is 13.2. The van der Waals surface area contributed by atoms with E-state index in [1.54, 1.807) is 61.4 Å². The summed E-state index contributed by atoms with van der Waals surface area (Å²) >= 11 is 7.47. The number of furan rings is 1. The van der Waals surface area contributed by atoms with Crippen molar-refractivity contribution in [3.63, 3.8) is 0 Å².